The van der Waals surface area contributed by atoms with Crippen molar-refractivity contribution in [3.63, 3.8) is 0 Å². The molecular formula is C11H7F3. The Hall–Kier alpha value is -1.69. The van der Waals surface area contributed by atoms with Gasteiger partial charge < -0.3 is 0 Å². The molecule has 0 bridgehead atoms. The summed E-state index contributed by atoms with van der Waals surface area (Å²) in [5.74, 6) is 2.35. The number of hydrogen-bond acceptors (Lipinski definition) is 0. The van der Waals surface area contributed by atoms with Gasteiger partial charge in [-0.25, -0.2) is 0 Å². The quantitative estimate of drug-likeness (QED) is 0.557. The number of halogens is 3. The van der Waals surface area contributed by atoms with Crippen molar-refractivity contribution >= 4 is 0 Å². The van der Waals surface area contributed by atoms with Gasteiger partial charge in [-0.15, -0.1) is 0 Å². The molecule has 0 atom stereocenters. The lowest BCUT2D eigenvalue weighted by Gasteiger charge is -1.90. The zero-order chi connectivity index (χ0) is 10.6. The van der Waals surface area contributed by atoms with Crippen molar-refractivity contribution in [2.24, 2.45) is 0 Å². The molecule has 0 N–H and O–H groups in total. The number of allylic oxidation sites excluding steroid dienone is 1. The lowest BCUT2D eigenvalue weighted by atomic mass is 10.1. The summed E-state index contributed by atoms with van der Waals surface area (Å²) in [6, 6.07) is 6.84. The molecule has 0 amide bonds. The Labute approximate surface area is 80.1 Å². The van der Waals surface area contributed by atoms with E-state index in [-0.39, 0.29) is 0 Å². The predicted octanol–water partition coefficient (Wildman–Crippen LogP) is 3.42. The number of rotatable bonds is 0. The van der Waals surface area contributed by atoms with E-state index in [1.165, 1.54) is 0 Å². The van der Waals surface area contributed by atoms with Crippen LogP contribution >= 0.6 is 0 Å². The van der Waals surface area contributed by atoms with Gasteiger partial charge in [0.1, 0.15) is 0 Å². The highest BCUT2D eigenvalue weighted by Crippen LogP contribution is 2.08. The first-order valence-electron chi connectivity index (χ1n) is 3.89. The van der Waals surface area contributed by atoms with Crippen molar-refractivity contribution in [3.8, 4) is 11.8 Å². The molecule has 0 spiro atoms. The summed E-state index contributed by atoms with van der Waals surface area (Å²) in [7, 11) is 0. The van der Waals surface area contributed by atoms with Crippen LogP contribution in [0.4, 0.5) is 13.2 Å². The second kappa shape index (κ2) is 4.52. The topological polar surface area (TPSA) is 0 Å². The van der Waals surface area contributed by atoms with Gasteiger partial charge in [0, 0.05) is 5.56 Å². The second-order valence-electron chi connectivity index (χ2n) is 2.69. The first kappa shape index (κ1) is 10.4. The summed E-state index contributed by atoms with van der Waals surface area (Å²) in [6.45, 7) is 1.89. The maximum atomic E-state index is 12.2. The molecular weight excluding hydrogens is 189 g/mol. The summed E-state index contributed by atoms with van der Waals surface area (Å²) in [5.41, 5.74) is 1.54. The van der Waals surface area contributed by atoms with Gasteiger partial charge in [-0.05, 0) is 25.0 Å². The standard InChI is InChI=1S/C11H7F3/c1-8-2-4-9(5-3-8)6-7-10(12)11(13)14/h2-5H,1H3. The van der Waals surface area contributed by atoms with Crippen LogP contribution in [0.1, 0.15) is 11.1 Å². The van der Waals surface area contributed by atoms with Crippen LogP contribution in [0.5, 0.6) is 0 Å². The molecule has 1 rings (SSSR count). The fraction of sp³-hybridized carbons (Fsp3) is 0.0909. The van der Waals surface area contributed by atoms with Crippen molar-refractivity contribution in [2.75, 3.05) is 0 Å². The molecule has 0 unspecified atom stereocenters. The minimum atomic E-state index is -2.38. The van der Waals surface area contributed by atoms with E-state index in [1.807, 2.05) is 6.92 Å². The average molecular weight is 196 g/mol. The molecule has 0 radical (unpaired) electrons. The Morgan fingerprint density at radius 3 is 2.14 bits per heavy atom. The van der Waals surface area contributed by atoms with Gasteiger partial charge in [0.15, 0.2) is 0 Å². The smallest absolute Gasteiger partial charge is 0.191 e. The van der Waals surface area contributed by atoms with Crippen LogP contribution in [0.25, 0.3) is 0 Å². The molecule has 0 aromatic heterocycles. The molecule has 1 aromatic rings. The second-order valence-corrected chi connectivity index (χ2v) is 2.69. The Bertz CT molecular complexity index is 400. The van der Waals surface area contributed by atoms with Crippen LogP contribution in [-0.2, 0) is 0 Å². The van der Waals surface area contributed by atoms with Crippen molar-refractivity contribution < 1.29 is 13.2 Å². The molecule has 0 fully saturated rings. The first-order valence-corrected chi connectivity index (χ1v) is 3.89. The van der Waals surface area contributed by atoms with Gasteiger partial charge in [-0.2, -0.15) is 13.2 Å². The Balaban J connectivity index is 2.89. The molecule has 0 aliphatic heterocycles. The lowest BCUT2D eigenvalue weighted by molar-refractivity contribution is 0.389. The fourth-order valence-electron chi connectivity index (χ4n) is 0.811. The van der Waals surface area contributed by atoms with Gasteiger partial charge in [0.25, 0.3) is 0 Å². The van der Waals surface area contributed by atoms with Gasteiger partial charge in [-0.1, -0.05) is 23.6 Å². The van der Waals surface area contributed by atoms with Gasteiger partial charge in [-0.3, -0.25) is 0 Å². The predicted molar refractivity (Wildman–Crippen MR) is 48.4 cm³/mol. The molecule has 72 valence electrons. The fourth-order valence-corrected chi connectivity index (χ4v) is 0.811. The third kappa shape index (κ3) is 2.98. The Kier molecular flexibility index (Phi) is 3.35. The van der Waals surface area contributed by atoms with Crippen LogP contribution in [-0.4, -0.2) is 0 Å². The molecule has 0 saturated heterocycles. The third-order valence-electron chi connectivity index (χ3n) is 1.53. The van der Waals surface area contributed by atoms with Crippen molar-refractivity contribution in [3.05, 3.63) is 47.3 Å². The maximum Gasteiger partial charge on any atom is 0.314 e. The molecule has 0 nitrogen and oxygen atoms in total. The number of benzene rings is 1. The summed E-state index contributed by atoms with van der Waals surface area (Å²) >= 11 is 0. The van der Waals surface area contributed by atoms with E-state index in [1.54, 1.807) is 30.2 Å². The van der Waals surface area contributed by atoms with Crippen LogP contribution in [0, 0.1) is 18.8 Å². The Morgan fingerprint density at radius 1 is 1.07 bits per heavy atom. The summed E-state index contributed by atoms with van der Waals surface area (Å²) in [4.78, 5) is 0. The van der Waals surface area contributed by atoms with Gasteiger partial charge in [0.2, 0.25) is 5.83 Å². The monoisotopic (exact) mass is 196 g/mol. The van der Waals surface area contributed by atoms with E-state index in [0.29, 0.717) is 5.56 Å². The van der Waals surface area contributed by atoms with Crippen molar-refractivity contribution in [1.82, 2.24) is 0 Å². The Morgan fingerprint density at radius 2 is 1.64 bits per heavy atom. The summed E-state index contributed by atoms with van der Waals surface area (Å²) < 4.78 is 35.4. The first-order chi connectivity index (χ1) is 6.59. The van der Waals surface area contributed by atoms with Crippen molar-refractivity contribution in [2.45, 2.75) is 6.92 Å². The summed E-state index contributed by atoms with van der Waals surface area (Å²) in [6.07, 6.45) is -2.38. The molecule has 1 aromatic carbocycles. The molecule has 0 aliphatic carbocycles. The highest BCUT2D eigenvalue weighted by Gasteiger charge is 1.98. The maximum absolute atomic E-state index is 12.2. The molecule has 14 heavy (non-hydrogen) atoms. The van der Waals surface area contributed by atoms with Gasteiger partial charge in [0.05, 0.1) is 0 Å². The van der Waals surface area contributed by atoms with E-state index < -0.39 is 11.9 Å². The summed E-state index contributed by atoms with van der Waals surface area (Å²) in [5, 5.41) is 0. The van der Waals surface area contributed by atoms with Crippen LogP contribution in [0.15, 0.2) is 36.2 Å². The SMILES string of the molecule is Cc1ccc(C#CC(F)=C(F)F)cc1. The minimum absolute atomic E-state index is 0.506. The number of hydrogen-bond donors (Lipinski definition) is 0. The third-order valence-corrected chi connectivity index (χ3v) is 1.53. The average Bonchev–Trinajstić information content (AvgIpc) is 2.16. The van der Waals surface area contributed by atoms with Crippen LogP contribution in [0.2, 0.25) is 0 Å². The van der Waals surface area contributed by atoms with Crippen LogP contribution in [0.3, 0.4) is 0 Å². The molecule has 0 heterocycles. The van der Waals surface area contributed by atoms with E-state index in [9.17, 15) is 13.2 Å². The molecule has 0 saturated carbocycles. The van der Waals surface area contributed by atoms with E-state index in [2.05, 4.69) is 5.92 Å². The van der Waals surface area contributed by atoms with E-state index in [4.69, 9.17) is 0 Å². The highest BCUT2D eigenvalue weighted by molar-refractivity contribution is 5.39. The largest absolute Gasteiger partial charge is 0.314 e. The zero-order valence-corrected chi connectivity index (χ0v) is 7.44. The highest BCUT2D eigenvalue weighted by atomic mass is 19.3. The molecule has 3 heteroatoms. The minimum Gasteiger partial charge on any atom is -0.191 e. The van der Waals surface area contributed by atoms with Crippen LogP contribution < -0.4 is 0 Å². The van der Waals surface area contributed by atoms with E-state index in [0.717, 1.165) is 5.56 Å². The van der Waals surface area contributed by atoms with Gasteiger partial charge >= 0.3 is 6.08 Å². The normalized spacial score (nSPS) is 8.86. The lowest BCUT2D eigenvalue weighted by Crippen LogP contribution is -1.76. The zero-order valence-electron chi connectivity index (χ0n) is 7.44. The molecule has 0 aliphatic rings. The van der Waals surface area contributed by atoms with Crippen molar-refractivity contribution in [1.29, 1.82) is 0 Å². The van der Waals surface area contributed by atoms with E-state index >= 15 is 0 Å². The number of aryl methyl sites for hydroxylation is 1.